The summed E-state index contributed by atoms with van der Waals surface area (Å²) in [5.41, 5.74) is -3.38. The molecule has 0 aliphatic heterocycles. The number of alkyl halides is 2. The molecule has 0 amide bonds. The summed E-state index contributed by atoms with van der Waals surface area (Å²) < 4.78 is 60.8. The minimum Gasteiger partial charge on any atom is -0.258 e. The van der Waals surface area contributed by atoms with E-state index in [9.17, 15) is 28.1 Å². The second-order valence-corrected chi connectivity index (χ2v) is 4.08. The quantitative estimate of drug-likeness (QED) is 0.641. The van der Waals surface area contributed by atoms with Gasteiger partial charge in [0, 0.05) is 16.2 Å². The van der Waals surface area contributed by atoms with Crippen molar-refractivity contribution in [1.82, 2.24) is 14.3 Å². The van der Waals surface area contributed by atoms with Crippen molar-refractivity contribution in [3.8, 4) is 5.69 Å². The molecule has 0 atom stereocenters. The molecule has 0 spiro atoms. The summed E-state index contributed by atoms with van der Waals surface area (Å²) in [6.45, 7) is -6.76. The maximum absolute atomic E-state index is 14.0. The number of hydrogen-bond donors (Lipinski definition) is 0. The highest BCUT2D eigenvalue weighted by molar-refractivity contribution is 6.32. The molecule has 0 saturated heterocycles. The molecule has 112 valence electrons. The first-order valence-electron chi connectivity index (χ1n) is 6.59. The third-order valence-corrected chi connectivity index (χ3v) is 2.75. The van der Waals surface area contributed by atoms with Crippen LogP contribution in [0.2, 0.25) is 5.02 Å². The van der Waals surface area contributed by atoms with Crippen LogP contribution in [0.4, 0.5) is 18.9 Å². The molecule has 0 radical (unpaired) electrons. The van der Waals surface area contributed by atoms with Crippen molar-refractivity contribution in [2.75, 3.05) is 0 Å². The molecule has 2 aromatic rings. The van der Waals surface area contributed by atoms with Gasteiger partial charge in [-0.3, -0.25) is 10.1 Å². The van der Waals surface area contributed by atoms with E-state index in [1.165, 1.54) is 0 Å². The van der Waals surface area contributed by atoms with Crippen molar-refractivity contribution in [3.63, 3.8) is 0 Å². The zero-order valence-electron chi connectivity index (χ0n) is 12.8. The van der Waals surface area contributed by atoms with E-state index in [-0.39, 0.29) is 4.68 Å². The summed E-state index contributed by atoms with van der Waals surface area (Å²) in [6.07, 6.45) is 0. The Bertz CT molecular complexity index is 881. The highest BCUT2D eigenvalue weighted by Crippen LogP contribution is 2.28. The Labute approximate surface area is 123 Å². The molecule has 0 N–H and O–H groups in total. The fourth-order valence-corrected chi connectivity index (χ4v) is 1.76. The highest BCUT2D eigenvalue weighted by Gasteiger charge is 2.23. The van der Waals surface area contributed by atoms with E-state index in [1.807, 2.05) is 0 Å². The first-order chi connectivity index (χ1) is 10.9. The van der Waals surface area contributed by atoms with Gasteiger partial charge < -0.3 is 0 Å². The van der Waals surface area contributed by atoms with Crippen LogP contribution in [0.5, 0.6) is 0 Å². The molecule has 11 heteroatoms. The van der Waals surface area contributed by atoms with Crippen LogP contribution in [-0.4, -0.2) is 19.3 Å². The van der Waals surface area contributed by atoms with Gasteiger partial charge in [-0.2, -0.15) is 13.5 Å². The normalized spacial score (nSPS) is 13.9. The van der Waals surface area contributed by atoms with Gasteiger partial charge in [0.15, 0.2) is 5.82 Å². The number of nitro benzene ring substituents is 1. The predicted octanol–water partition coefficient (Wildman–Crippen LogP) is 2.44. The summed E-state index contributed by atoms with van der Waals surface area (Å²) in [6, 6.07) is 0.975. The molecule has 0 fully saturated rings. The van der Waals surface area contributed by atoms with Crippen LogP contribution < -0.4 is 5.69 Å². The van der Waals surface area contributed by atoms with Crippen molar-refractivity contribution in [2.24, 2.45) is 0 Å². The van der Waals surface area contributed by atoms with Crippen LogP contribution in [-0.2, 0) is 0 Å². The number of benzene rings is 1. The molecular weight excluding hydrogens is 317 g/mol. The molecule has 1 heterocycles. The fraction of sp³-hybridized carbons (Fsp3) is 0.200. The van der Waals surface area contributed by atoms with Crippen LogP contribution in [0.3, 0.4) is 0 Å². The number of hydrogen-bond acceptors (Lipinski definition) is 4. The zero-order chi connectivity index (χ0) is 18.4. The SMILES string of the molecule is [2H]C([2H])([2H])c1nn(-c2cc([N+](=O)[O-])c(Cl)cc2F)c(=O)n1C(F)F. The van der Waals surface area contributed by atoms with Gasteiger partial charge in [-0.15, -0.1) is 5.10 Å². The Morgan fingerprint density at radius 3 is 2.67 bits per heavy atom. The Morgan fingerprint density at radius 1 is 1.52 bits per heavy atom. The van der Waals surface area contributed by atoms with Gasteiger partial charge in [0.1, 0.15) is 16.5 Å². The van der Waals surface area contributed by atoms with Crippen molar-refractivity contribution in [3.05, 3.63) is 49.4 Å². The molecule has 1 aromatic heterocycles. The van der Waals surface area contributed by atoms with Gasteiger partial charge in [-0.05, 0) is 6.85 Å². The molecule has 0 saturated carbocycles. The topological polar surface area (TPSA) is 83.0 Å². The second kappa shape index (κ2) is 5.20. The molecule has 21 heavy (non-hydrogen) atoms. The standard InChI is InChI=1S/C10H6ClF3N4O3/c1-4-15-17(10(19)16(4)9(13)14)8-3-7(18(20)21)5(11)2-6(8)12/h2-3,9H,1H3/i1D3. The van der Waals surface area contributed by atoms with Gasteiger partial charge in [-0.1, -0.05) is 11.6 Å². The summed E-state index contributed by atoms with van der Waals surface area (Å²) in [4.78, 5) is 21.8. The number of aryl methyl sites for hydroxylation is 1. The number of rotatable bonds is 3. The number of halogens is 4. The van der Waals surface area contributed by atoms with Gasteiger partial charge in [-0.25, -0.2) is 13.8 Å². The van der Waals surface area contributed by atoms with E-state index < -0.39 is 56.6 Å². The third kappa shape index (κ3) is 2.49. The van der Waals surface area contributed by atoms with E-state index in [2.05, 4.69) is 5.10 Å². The van der Waals surface area contributed by atoms with E-state index >= 15 is 0 Å². The monoisotopic (exact) mass is 325 g/mol. The fourth-order valence-electron chi connectivity index (χ4n) is 1.54. The maximum Gasteiger partial charge on any atom is 0.355 e. The smallest absolute Gasteiger partial charge is 0.258 e. The molecular formula is C10H6ClF3N4O3. The Kier molecular flexibility index (Phi) is 2.80. The highest BCUT2D eigenvalue weighted by atomic mass is 35.5. The average molecular weight is 326 g/mol. The van der Waals surface area contributed by atoms with Crippen molar-refractivity contribution >= 4 is 17.3 Å². The molecule has 2 rings (SSSR count). The van der Waals surface area contributed by atoms with Gasteiger partial charge in [0.05, 0.1) is 4.92 Å². The minimum atomic E-state index is -3.56. The summed E-state index contributed by atoms with van der Waals surface area (Å²) in [5, 5.41) is 13.4. The lowest BCUT2D eigenvalue weighted by Gasteiger charge is -2.03. The van der Waals surface area contributed by atoms with Crippen LogP contribution in [0.15, 0.2) is 16.9 Å². The molecule has 0 bridgehead atoms. The lowest BCUT2D eigenvalue weighted by Crippen LogP contribution is -2.25. The molecule has 1 aromatic carbocycles. The summed E-state index contributed by atoms with van der Waals surface area (Å²) >= 11 is 5.48. The number of nitrogens with zero attached hydrogens (tertiary/aromatic N) is 4. The van der Waals surface area contributed by atoms with Gasteiger partial charge in [0.25, 0.3) is 5.69 Å². The predicted molar refractivity (Wildman–Crippen MR) is 65.4 cm³/mol. The number of nitro groups is 1. The largest absolute Gasteiger partial charge is 0.355 e. The second-order valence-electron chi connectivity index (χ2n) is 3.68. The molecule has 7 nitrogen and oxygen atoms in total. The molecule has 0 aliphatic rings. The number of aromatic nitrogens is 3. The maximum atomic E-state index is 14.0. The lowest BCUT2D eigenvalue weighted by molar-refractivity contribution is -0.384. The van der Waals surface area contributed by atoms with Crippen molar-refractivity contribution < 1.29 is 22.2 Å². The minimum absolute atomic E-state index is 0.00647. The Morgan fingerprint density at radius 2 is 2.19 bits per heavy atom. The molecule has 0 unspecified atom stereocenters. The molecule has 0 aliphatic carbocycles. The van der Waals surface area contributed by atoms with Crippen LogP contribution in [0.1, 0.15) is 16.5 Å². The van der Waals surface area contributed by atoms with E-state index in [1.54, 1.807) is 0 Å². The zero-order valence-corrected chi connectivity index (χ0v) is 10.5. The van der Waals surface area contributed by atoms with E-state index in [0.29, 0.717) is 12.1 Å². The van der Waals surface area contributed by atoms with Crippen LogP contribution in [0.25, 0.3) is 5.69 Å². The first kappa shape index (κ1) is 11.3. The van der Waals surface area contributed by atoms with Crippen molar-refractivity contribution in [2.45, 2.75) is 13.4 Å². The summed E-state index contributed by atoms with van der Waals surface area (Å²) in [7, 11) is 0. The van der Waals surface area contributed by atoms with Gasteiger partial charge >= 0.3 is 12.2 Å². The van der Waals surface area contributed by atoms with Crippen molar-refractivity contribution in [1.29, 1.82) is 0 Å². The van der Waals surface area contributed by atoms with E-state index in [0.717, 1.165) is 0 Å². The Hall–Kier alpha value is -2.36. The lowest BCUT2D eigenvalue weighted by atomic mass is 10.2. The Balaban J connectivity index is 2.82. The first-order valence-corrected chi connectivity index (χ1v) is 5.47. The van der Waals surface area contributed by atoms with Gasteiger partial charge in [0.2, 0.25) is 0 Å². The van der Waals surface area contributed by atoms with E-state index in [4.69, 9.17) is 15.7 Å². The third-order valence-electron chi connectivity index (χ3n) is 2.45. The van der Waals surface area contributed by atoms with Crippen LogP contribution in [0, 0.1) is 22.8 Å². The average Bonchev–Trinajstić information content (AvgIpc) is 2.76. The summed E-state index contributed by atoms with van der Waals surface area (Å²) in [5.74, 6) is -2.58. The van der Waals surface area contributed by atoms with Crippen LogP contribution >= 0.6 is 11.6 Å².